The van der Waals surface area contributed by atoms with Crippen molar-refractivity contribution in [2.75, 3.05) is 6.54 Å². The molecule has 0 saturated carbocycles. The van der Waals surface area contributed by atoms with Gasteiger partial charge in [-0.3, -0.25) is 0 Å². The Balaban J connectivity index is 2.22. The number of nitrogens with zero attached hydrogens (tertiary/aromatic N) is 3. The number of aromatic nitrogens is 3. The van der Waals surface area contributed by atoms with Crippen LogP contribution in [0.2, 0.25) is 0 Å². The SMILES string of the molecule is CCCNCc1ccc(-n2nc(C)nc2C)c(Br)c1. The van der Waals surface area contributed by atoms with Gasteiger partial charge in [0.15, 0.2) is 0 Å². The van der Waals surface area contributed by atoms with E-state index in [4.69, 9.17) is 0 Å². The predicted octanol–water partition coefficient (Wildman–Crippen LogP) is 3.15. The van der Waals surface area contributed by atoms with Crippen molar-refractivity contribution in [1.82, 2.24) is 20.1 Å². The fraction of sp³-hybridized carbons (Fsp3) is 0.429. The van der Waals surface area contributed by atoms with Gasteiger partial charge in [-0.2, -0.15) is 5.10 Å². The van der Waals surface area contributed by atoms with Crippen LogP contribution in [0.5, 0.6) is 0 Å². The summed E-state index contributed by atoms with van der Waals surface area (Å²) in [5.74, 6) is 1.69. The Morgan fingerprint density at radius 1 is 1.32 bits per heavy atom. The van der Waals surface area contributed by atoms with E-state index in [0.29, 0.717) is 0 Å². The zero-order valence-corrected chi connectivity index (χ0v) is 13.2. The Bertz CT molecular complexity index is 563. The first-order chi connectivity index (χ1) is 9.11. The number of nitrogens with one attached hydrogen (secondary N) is 1. The second-order valence-corrected chi connectivity index (χ2v) is 5.43. The second kappa shape index (κ2) is 6.30. The topological polar surface area (TPSA) is 42.7 Å². The normalized spacial score (nSPS) is 10.9. The first kappa shape index (κ1) is 14.2. The lowest BCUT2D eigenvalue weighted by Gasteiger charge is -2.09. The number of rotatable bonds is 5. The van der Waals surface area contributed by atoms with E-state index < -0.39 is 0 Å². The summed E-state index contributed by atoms with van der Waals surface area (Å²) < 4.78 is 2.90. The van der Waals surface area contributed by atoms with Crippen molar-refractivity contribution in [1.29, 1.82) is 0 Å². The van der Waals surface area contributed by atoms with Gasteiger partial charge in [-0.05, 0) is 60.4 Å². The summed E-state index contributed by atoms with van der Waals surface area (Å²) in [4.78, 5) is 4.33. The predicted molar refractivity (Wildman–Crippen MR) is 80.5 cm³/mol. The van der Waals surface area contributed by atoms with Gasteiger partial charge in [0.05, 0.1) is 5.69 Å². The summed E-state index contributed by atoms with van der Waals surface area (Å²) >= 11 is 3.62. The molecule has 0 fully saturated rings. The fourth-order valence-electron chi connectivity index (χ4n) is 1.99. The largest absolute Gasteiger partial charge is 0.313 e. The first-order valence-electron chi connectivity index (χ1n) is 6.51. The summed E-state index contributed by atoms with van der Waals surface area (Å²) in [6.45, 7) is 7.97. The molecule has 0 aliphatic rings. The van der Waals surface area contributed by atoms with Gasteiger partial charge in [0.1, 0.15) is 11.6 Å². The molecule has 0 amide bonds. The van der Waals surface area contributed by atoms with Crippen LogP contribution < -0.4 is 5.32 Å². The summed E-state index contributed by atoms with van der Waals surface area (Å²) in [5.41, 5.74) is 2.29. The second-order valence-electron chi connectivity index (χ2n) is 4.58. The van der Waals surface area contributed by atoms with E-state index in [1.54, 1.807) is 0 Å². The summed E-state index contributed by atoms with van der Waals surface area (Å²) in [5, 5.41) is 7.80. The maximum Gasteiger partial charge on any atom is 0.148 e. The van der Waals surface area contributed by atoms with Crippen molar-refractivity contribution in [2.45, 2.75) is 33.7 Å². The lowest BCUT2D eigenvalue weighted by atomic mass is 10.2. The van der Waals surface area contributed by atoms with Gasteiger partial charge >= 0.3 is 0 Å². The van der Waals surface area contributed by atoms with E-state index in [1.807, 2.05) is 18.5 Å². The minimum Gasteiger partial charge on any atom is -0.313 e. The molecular weight excluding hydrogens is 304 g/mol. The Morgan fingerprint density at radius 3 is 2.68 bits per heavy atom. The van der Waals surface area contributed by atoms with Crippen LogP contribution in [0.1, 0.15) is 30.6 Å². The Hall–Kier alpha value is -1.20. The smallest absolute Gasteiger partial charge is 0.148 e. The van der Waals surface area contributed by atoms with Crippen LogP contribution in [-0.2, 0) is 6.54 Å². The lowest BCUT2D eigenvalue weighted by Crippen LogP contribution is -2.13. The van der Waals surface area contributed by atoms with Crippen molar-refractivity contribution in [3.8, 4) is 5.69 Å². The molecule has 0 atom stereocenters. The highest BCUT2D eigenvalue weighted by atomic mass is 79.9. The van der Waals surface area contributed by atoms with Crippen LogP contribution in [0.3, 0.4) is 0 Å². The molecule has 19 heavy (non-hydrogen) atoms. The van der Waals surface area contributed by atoms with E-state index in [-0.39, 0.29) is 0 Å². The number of benzene rings is 1. The summed E-state index contributed by atoms with van der Waals surface area (Å²) in [6, 6.07) is 6.34. The molecule has 0 spiro atoms. The van der Waals surface area contributed by atoms with Gasteiger partial charge in [-0.15, -0.1) is 0 Å². The Labute approximate surface area is 122 Å². The molecule has 102 valence electrons. The molecule has 0 aliphatic carbocycles. The average Bonchev–Trinajstić information content (AvgIpc) is 2.69. The number of hydrogen-bond donors (Lipinski definition) is 1. The highest BCUT2D eigenvalue weighted by molar-refractivity contribution is 9.10. The molecular formula is C14H19BrN4. The molecule has 1 aromatic heterocycles. The zero-order valence-electron chi connectivity index (χ0n) is 11.6. The van der Waals surface area contributed by atoms with Crippen LogP contribution in [-0.4, -0.2) is 21.3 Å². The van der Waals surface area contributed by atoms with Crippen molar-refractivity contribution >= 4 is 15.9 Å². The fourth-order valence-corrected chi connectivity index (χ4v) is 2.58. The zero-order chi connectivity index (χ0) is 13.8. The van der Waals surface area contributed by atoms with E-state index in [1.165, 1.54) is 5.56 Å². The van der Waals surface area contributed by atoms with Gasteiger partial charge in [-0.1, -0.05) is 13.0 Å². The monoisotopic (exact) mass is 322 g/mol. The van der Waals surface area contributed by atoms with Crippen LogP contribution >= 0.6 is 15.9 Å². The molecule has 0 aliphatic heterocycles. The van der Waals surface area contributed by atoms with E-state index in [9.17, 15) is 0 Å². The van der Waals surface area contributed by atoms with Crippen molar-refractivity contribution in [3.63, 3.8) is 0 Å². The van der Waals surface area contributed by atoms with Gasteiger partial charge in [-0.25, -0.2) is 9.67 Å². The quantitative estimate of drug-likeness (QED) is 0.860. The lowest BCUT2D eigenvalue weighted by molar-refractivity contribution is 0.675. The van der Waals surface area contributed by atoms with Crippen LogP contribution in [0, 0.1) is 13.8 Å². The maximum atomic E-state index is 4.41. The number of halogens is 1. The minimum absolute atomic E-state index is 0.790. The van der Waals surface area contributed by atoms with E-state index in [0.717, 1.165) is 41.3 Å². The third-order valence-electron chi connectivity index (χ3n) is 2.87. The minimum atomic E-state index is 0.790. The average molecular weight is 323 g/mol. The molecule has 5 heteroatoms. The number of hydrogen-bond acceptors (Lipinski definition) is 3. The molecule has 2 aromatic rings. The molecule has 1 aromatic carbocycles. The molecule has 2 rings (SSSR count). The van der Waals surface area contributed by atoms with Gasteiger partial charge in [0.2, 0.25) is 0 Å². The standard InChI is InChI=1S/C14H19BrN4/c1-4-7-16-9-12-5-6-14(13(15)8-12)19-11(3)17-10(2)18-19/h5-6,8,16H,4,7,9H2,1-3H3. The van der Waals surface area contributed by atoms with Gasteiger partial charge < -0.3 is 5.32 Å². The summed E-state index contributed by atoms with van der Waals surface area (Å²) in [7, 11) is 0. The Morgan fingerprint density at radius 2 is 2.11 bits per heavy atom. The van der Waals surface area contributed by atoms with Gasteiger partial charge in [0.25, 0.3) is 0 Å². The maximum absolute atomic E-state index is 4.41. The molecule has 4 nitrogen and oxygen atoms in total. The van der Waals surface area contributed by atoms with Crippen LogP contribution in [0.15, 0.2) is 22.7 Å². The van der Waals surface area contributed by atoms with Crippen LogP contribution in [0.4, 0.5) is 0 Å². The molecule has 0 saturated heterocycles. The highest BCUT2D eigenvalue weighted by Gasteiger charge is 2.09. The van der Waals surface area contributed by atoms with Gasteiger partial charge in [0, 0.05) is 11.0 Å². The summed E-state index contributed by atoms with van der Waals surface area (Å²) in [6.07, 6.45) is 1.15. The van der Waals surface area contributed by atoms with Crippen LogP contribution in [0.25, 0.3) is 5.69 Å². The Kier molecular flexibility index (Phi) is 4.71. The number of aryl methyl sites for hydroxylation is 2. The third-order valence-corrected chi connectivity index (χ3v) is 3.51. The van der Waals surface area contributed by atoms with E-state index in [2.05, 4.69) is 56.5 Å². The van der Waals surface area contributed by atoms with Crippen molar-refractivity contribution in [2.24, 2.45) is 0 Å². The highest BCUT2D eigenvalue weighted by Crippen LogP contribution is 2.23. The molecule has 0 radical (unpaired) electrons. The van der Waals surface area contributed by atoms with Crippen molar-refractivity contribution in [3.05, 3.63) is 39.9 Å². The molecule has 1 heterocycles. The first-order valence-corrected chi connectivity index (χ1v) is 7.31. The molecule has 0 unspecified atom stereocenters. The third kappa shape index (κ3) is 3.42. The van der Waals surface area contributed by atoms with E-state index >= 15 is 0 Å². The van der Waals surface area contributed by atoms with Crippen molar-refractivity contribution < 1.29 is 0 Å². The molecule has 1 N–H and O–H groups in total. The molecule has 0 bridgehead atoms.